The number of carboxylic acids is 1. The van der Waals surface area contributed by atoms with Gasteiger partial charge in [0.15, 0.2) is 0 Å². The van der Waals surface area contributed by atoms with Gasteiger partial charge in [0.05, 0.1) is 13.1 Å². The number of aliphatic carboxylic acids is 1. The maximum atomic E-state index is 12.2. The lowest BCUT2D eigenvalue weighted by atomic mass is 10.1. The molecule has 0 bridgehead atoms. The van der Waals surface area contributed by atoms with Crippen LogP contribution in [0.2, 0.25) is 0 Å². The molecule has 1 N–H and O–H groups in total. The third kappa shape index (κ3) is 10.6. The van der Waals surface area contributed by atoms with Crippen molar-refractivity contribution in [3.8, 4) is 0 Å². The minimum Gasteiger partial charge on any atom is -0.480 e. The second-order valence-corrected chi connectivity index (χ2v) is 4.27. The van der Waals surface area contributed by atoms with Crippen molar-refractivity contribution in [1.82, 2.24) is 4.90 Å². The predicted molar refractivity (Wildman–Crippen MR) is 54.6 cm³/mol. The molecule has 0 fully saturated rings. The quantitative estimate of drug-likeness (QED) is 0.734. The summed E-state index contributed by atoms with van der Waals surface area (Å²) >= 11 is 0. The van der Waals surface area contributed by atoms with Crippen LogP contribution in [0.4, 0.5) is 26.3 Å². The molecule has 19 heavy (non-hydrogen) atoms. The molecule has 0 aromatic rings. The highest BCUT2D eigenvalue weighted by Crippen LogP contribution is 2.24. The molecule has 0 aromatic heterocycles. The standard InChI is InChI=1S/C10H15F6NO2/c1-7(3-2-4-9(11,12)13)17(5-8(18)19)6-10(14,15)16/h7H,2-6H2,1H3,(H,18,19). The van der Waals surface area contributed by atoms with Gasteiger partial charge in [-0.1, -0.05) is 0 Å². The molecule has 3 nitrogen and oxygen atoms in total. The van der Waals surface area contributed by atoms with Gasteiger partial charge >= 0.3 is 18.3 Å². The lowest BCUT2D eigenvalue weighted by Gasteiger charge is -2.28. The number of halogens is 6. The van der Waals surface area contributed by atoms with E-state index < -0.39 is 43.9 Å². The Morgan fingerprint density at radius 3 is 2.05 bits per heavy atom. The molecule has 0 aliphatic rings. The highest BCUT2D eigenvalue weighted by molar-refractivity contribution is 5.69. The molecule has 0 aliphatic carbocycles. The van der Waals surface area contributed by atoms with Crippen LogP contribution in [0.3, 0.4) is 0 Å². The van der Waals surface area contributed by atoms with Crippen molar-refractivity contribution in [2.24, 2.45) is 0 Å². The van der Waals surface area contributed by atoms with Crippen molar-refractivity contribution in [3.63, 3.8) is 0 Å². The van der Waals surface area contributed by atoms with E-state index in [1.54, 1.807) is 0 Å². The maximum absolute atomic E-state index is 12.2. The van der Waals surface area contributed by atoms with Gasteiger partial charge in [0, 0.05) is 12.5 Å². The van der Waals surface area contributed by atoms with E-state index in [-0.39, 0.29) is 12.8 Å². The Bertz CT molecular complexity index is 289. The Labute approximate surface area is 106 Å². The average molecular weight is 295 g/mol. The maximum Gasteiger partial charge on any atom is 0.401 e. The van der Waals surface area contributed by atoms with Crippen LogP contribution in [0.15, 0.2) is 0 Å². The van der Waals surface area contributed by atoms with E-state index in [1.165, 1.54) is 6.92 Å². The first-order valence-electron chi connectivity index (χ1n) is 5.50. The van der Waals surface area contributed by atoms with Crippen LogP contribution >= 0.6 is 0 Å². The number of carbonyl (C=O) groups is 1. The first-order valence-corrected chi connectivity index (χ1v) is 5.50. The van der Waals surface area contributed by atoms with E-state index in [0.717, 1.165) is 0 Å². The van der Waals surface area contributed by atoms with E-state index in [1.807, 2.05) is 0 Å². The highest BCUT2D eigenvalue weighted by Gasteiger charge is 2.34. The monoisotopic (exact) mass is 295 g/mol. The van der Waals surface area contributed by atoms with Crippen LogP contribution in [-0.4, -0.2) is 47.5 Å². The summed E-state index contributed by atoms with van der Waals surface area (Å²) in [5.74, 6) is -1.45. The number of rotatable bonds is 7. The Morgan fingerprint density at radius 1 is 1.16 bits per heavy atom. The van der Waals surface area contributed by atoms with E-state index in [9.17, 15) is 31.1 Å². The number of hydrogen-bond donors (Lipinski definition) is 1. The van der Waals surface area contributed by atoms with Gasteiger partial charge in [0.25, 0.3) is 0 Å². The lowest BCUT2D eigenvalue weighted by molar-refractivity contribution is -0.159. The summed E-state index contributed by atoms with van der Waals surface area (Å²) in [6.45, 7) is -1.02. The van der Waals surface area contributed by atoms with Crippen LogP contribution < -0.4 is 0 Å². The average Bonchev–Trinajstić information content (AvgIpc) is 2.11. The fraction of sp³-hybridized carbons (Fsp3) is 0.900. The van der Waals surface area contributed by atoms with Crippen LogP contribution in [0.1, 0.15) is 26.2 Å². The van der Waals surface area contributed by atoms with Crippen LogP contribution in [0.5, 0.6) is 0 Å². The molecule has 0 radical (unpaired) electrons. The van der Waals surface area contributed by atoms with Gasteiger partial charge in [-0.25, -0.2) is 0 Å². The zero-order chi connectivity index (χ0) is 15.3. The Kier molecular flexibility index (Phi) is 6.61. The minimum absolute atomic E-state index is 0.150. The molecule has 0 aliphatic heterocycles. The molecular formula is C10H15F6NO2. The minimum atomic E-state index is -4.59. The Hall–Kier alpha value is -0.990. The number of alkyl halides is 6. The second-order valence-electron chi connectivity index (χ2n) is 4.27. The van der Waals surface area contributed by atoms with Crippen molar-refractivity contribution in [3.05, 3.63) is 0 Å². The zero-order valence-electron chi connectivity index (χ0n) is 10.2. The summed E-state index contributed by atoms with van der Waals surface area (Å²) in [5, 5.41) is 8.50. The Balaban J connectivity index is 4.38. The number of nitrogens with zero attached hydrogens (tertiary/aromatic N) is 1. The topological polar surface area (TPSA) is 40.5 Å². The summed E-state index contributed by atoms with van der Waals surface area (Å²) in [6, 6.07) is -0.889. The molecule has 114 valence electrons. The van der Waals surface area contributed by atoms with Gasteiger partial charge in [-0.2, -0.15) is 26.3 Å². The molecule has 0 spiro atoms. The summed E-state index contributed by atoms with van der Waals surface area (Å²) in [7, 11) is 0. The predicted octanol–water partition coefficient (Wildman–Crippen LogP) is 3.06. The van der Waals surface area contributed by atoms with Gasteiger partial charge in [-0.15, -0.1) is 0 Å². The molecular weight excluding hydrogens is 280 g/mol. The molecule has 0 saturated heterocycles. The van der Waals surface area contributed by atoms with Gasteiger partial charge in [-0.05, 0) is 19.8 Å². The van der Waals surface area contributed by atoms with Crippen LogP contribution in [0, 0.1) is 0 Å². The lowest BCUT2D eigenvalue weighted by Crippen LogP contribution is -2.43. The number of carboxylic acid groups (broad SMARTS) is 1. The van der Waals surface area contributed by atoms with E-state index in [0.29, 0.717) is 4.90 Å². The van der Waals surface area contributed by atoms with Gasteiger partial charge in [0.1, 0.15) is 0 Å². The van der Waals surface area contributed by atoms with Gasteiger partial charge in [0.2, 0.25) is 0 Å². The van der Waals surface area contributed by atoms with E-state index in [4.69, 9.17) is 5.11 Å². The molecule has 9 heteroatoms. The van der Waals surface area contributed by atoms with Crippen LogP contribution in [0.25, 0.3) is 0 Å². The van der Waals surface area contributed by atoms with Gasteiger partial charge in [-0.3, -0.25) is 9.69 Å². The van der Waals surface area contributed by atoms with Crippen molar-refractivity contribution >= 4 is 5.97 Å². The van der Waals surface area contributed by atoms with Crippen molar-refractivity contribution < 1.29 is 36.2 Å². The molecule has 1 unspecified atom stereocenters. The first kappa shape index (κ1) is 18.0. The van der Waals surface area contributed by atoms with Crippen molar-refractivity contribution in [2.45, 2.75) is 44.6 Å². The molecule has 0 rings (SSSR count). The normalized spacial score (nSPS) is 14.7. The third-order valence-corrected chi connectivity index (χ3v) is 2.43. The fourth-order valence-electron chi connectivity index (χ4n) is 1.55. The molecule has 0 heterocycles. The fourth-order valence-corrected chi connectivity index (χ4v) is 1.55. The largest absolute Gasteiger partial charge is 0.480 e. The molecule has 0 aromatic carbocycles. The third-order valence-electron chi connectivity index (χ3n) is 2.43. The number of hydrogen-bond acceptors (Lipinski definition) is 2. The van der Waals surface area contributed by atoms with E-state index in [2.05, 4.69) is 0 Å². The summed E-state index contributed by atoms with van der Waals surface area (Å²) in [6.07, 6.45) is -10.5. The summed E-state index contributed by atoms with van der Waals surface area (Å²) in [5.41, 5.74) is 0. The van der Waals surface area contributed by atoms with Gasteiger partial charge < -0.3 is 5.11 Å². The van der Waals surface area contributed by atoms with Crippen molar-refractivity contribution in [1.29, 1.82) is 0 Å². The zero-order valence-corrected chi connectivity index (χ0v) is 10.2. The molecule has 1 atom stereocenters. The van der Waals surface area contributed by atoms with Crippen molar-refractivity contribution in [2.75, 3.05) is 13.1 Å². The first-order chi connectivity index (χ1) is 8.41. The van der Waals surface area contributed by atoms with E-state index >= 15 is 0 Å². The highest BCUT2D eigenvalue weighted by atomic mass is 19.4. The SMILES string of the molecule is CC(CCCC(F)(F)F)N(CC(=O)O)CC(F)(F)F. The smallest absolute Gasteiger partial charge is 0.401 e. The molecule has 0 saturated carbocycles. The molecule has 0 amide bonds. The second kappa shape index (κ2) is 6.97. The summed E-state index contributed by atoms with van der Waals surface area (Å²) < 4.78 is 72.3. The van der Waals surface area contributed by atoms with Crippen LogP contribution in [-0.2, 0) is 4.79 Å². The summed E-state index contributed by atoms with van der Waals surface area (Å²) in [4.78, 5) is 11.1. The Morgan fingerprint density at radius 2 is 1.68 bits per heavy atom.